The lowest BCUT2D eigenvalue weighted by molar-refractivity contribution is 0.398. The van der Waals surface area contributed by atoms with Crippen molar-refractivity contribution in [3.8, 4) is 5.75 Å². The van der Waals surface area contributed by atoms with Gasteiger partial charge in [-0.25, -0.2) is 8.42 Å². The minimum Gasteiger partial charge on any atom is -0.495 e. The molecule has 0 aliphatic heterocycles. The topological polar surface area (TPSA) is 81.4 Å². The van der Waals surface area contributed by atoms with Crippen LogP contribution < -0.4 is 15.2 Å². The predicted molar refractivity (Wildman–Crippen MR) is 83.1 cm³/mol. The number of nitrogens with one attached hydrogen (secondary N) is 1. The van der Waals surface area contributed by atoms with Gasteiger partial charge in [0, 0.05) is 22.8 Å². The molecule has 0 saturated heterocycles. The second kappa shape index (κ2) is 6.34. The smallest absolute Gasteiger partial charge is 0.265 e. The predicted octanol–water partition coefficient (Wildman–Crippen LogP) is 2.61. The molecular formula is C14H15ClN2O3S. The van der Waals surface area contributed by atoms with Gasteiger partial charge in [-0.3, -0.25) is 4.72 Å². The fourth-order valence-corrected chi connectivity index (χ4v) is 3.52. The summed E-state index contributed by atoms with van der Waals surface area (Å²) in [5.41, 5.74) is 6.58. The van der Waals surface area contributed by atoms with Gasteiger partial charge in [0.1, 0.15) is 10.6 Å². The highest BCUT2D eigenvalue weighted by Gasteiger charge is 2.22. The number of ether oxygens (including phenoxy) is 1. The summed E-state index contributed by atoms with van der Waals surface area (Å²) in [6, 6.07) is 11.5. The third-order valence-electron chi connectivity index (χ3n) is 2.84. The maximum Gasteiger partial charge on any atom is 0.265 e. The molecule has 0 heterocycles. The van der Waals surface area contributed by atoms with Gasteiger partial charge in [0.15, 0.2) is 0 Å². The van der Waals surface area contributed by atoms with Gasteiger partial charge in [0.05, 0.1) is 7.11 Å². The number of benzene rings is 2. The molecule has 2 aromatic rings. The zero-order valence-electron chi connectivity index (χ0n) is 11.3. The summed E-state index contributed by atoms with van der Waals surface area (Å²) in [5, 5.41) is 0.282. The average Bonchev–Trinajstić information content (AvgIpc) is 2.46. The molecule has 0 bridgehead atoms. The van der Waals surface area contributed by atoms with Crippen molar-refractivity contribution in [2.45, 2.75) is 11.4 Å². The van der Waals surface area contributed by atoms with Gasteiger partial charge in [0.25, 0.3) is 10.0 Å². The van der Waals surface area contributed by atoms with Crippen LogP contribution in [0.25, 0.3) is 0 Å². The second-order valence-electron chi connectivity index (χ2n) is 4.27. The number of anilines is 1. The summed E-state index contributed by atoms with van der Waals surface area (Å²) in [5.74, 6) is 0.199. The van der Waals surface area contributed by atoms with Gasteiger partial charge >= 0.3 is 0 Å². The van der Waals surface area contributed by atoms with Crippen molar-refractivity contribution in [1.29, 1.82) is 0 Å². The lowest BCUT2D eigenvalue weighted by Crippen LogP contribution is -2.15. The van der Waals surface area contributed by atoms with Crippen LogP contribution in [0, 0.1) is 0 Å². The Bertz CT molecular complexity index is 733. The van der Waals surface area contributed by atoms with Crippen molar-refractivity contribution in [2.75, 3.05) is 11.8 Å². The number of para-hydroxylation sites is 1. The van der Waals surface area contributed by atoms with Gasteiger partial charge < -0.3 is 10.5 Å². The fourth-order valence-electron chi connectivity index (χ4n) is 1.92. The molecule has 0 radical (unpaired) electrons. The molecule has 5 nitrogen and oxygen atoms in total. The molecular weight excluding hydrogens is 312 g/mol. The molecule has 0 spiro atoms. The number of rotatable bonds is 5. The van der Waals surface area contributed by atoms with Gasteiger partial charge in [0.2, 0.25) is 0 Å². The zero-order valence-corrected chi connectivity index (χ0v) is 12.9. The number of sulfonamides is 1. The largest absolute Gasteiger partial charge is 0.495 e. The molecule has 0 aliphatic rings. The maximum absolute atomic E-state index is 12.5. The normalized spacial score (nSPS) is 11.2. The van der Waals surface area contributed by atoms with E-state index in [1.54, 1.807) is 36.4 Å². The highest BCUT2D eigenvalue weighted by molar-refractivity contribution is 7.92. The number of hydrogen-bond donors (Lipinski definition) is 2. The first-order valence-corrected chi connectivity index (χ1v) is 7.98. The Kier molecular flexibility index (Phi) is 4.72. The van der Waals surface area contributed by atoms with E-state index in [1.165, 1.54) is 13.2 Å². The first-order chi connectivity index (χ1) is 9.97. The van der Waals surface area contributed by atoms with Gasteiger partial charge in [-0.2, -0.15) is 0 Å². The fraction of sp³-hybridized carbons (Fsp3) is 0.143. The van der Waals surface area contributed by atoms with E-state index in [0.29, 0.717) is 11.3 Å². The number of halogens is 1. The molecule has 0 atom stereocenters. The third-order valence-corrected chi connectivity index (χ3v) is 4.44. The Morgan fingerprint density at radius 3 is 2.48 bits per heavy atom. The summed E-state index contributed by atoms with van der Waals surface area (Å²) < 4.78 is 32.7. The zero-order chi connectivity index (χ0) is 15.5. The van der Waals surface area contributed by atoms with Crippen molar-refractivity contribution in [1.82, 2.24) is 0 Å². The molecule has 3 N–H and O–H groups in total. The number of nitrogens with two attached hydrogens (primary N) is 1. The van der Waals surface area contributed by atoms with Crippen molar-refractivity contribution >= 4 is 27.3 Å². The van der Waals surface area contributed by atoms with E-state index in [4.69, 9.17) is 22.1 Å². The molecule has 0 aliphatic carbocycles. The number of hydrogen-bond acceptors (Lipinski definition) is 4. The molecule has 2 rings (SSSR count). The summed E-state index contributed by atoms with van der Waals surface area (Å²) in [6.45, 7) is 0.123. The first-order valence-electron chi connectivity index (χ1n) is 6.12. The standard InChI is InChI=1S/C14H15ClN2O3S/c1-20-14-10(9-16)7-11(15)8-13(14)21(18,19)17-12-5-3-2-4-6-12/h2-8,17H,9,16H2,1H3. The summed E-state index contributed by atoms with van der Waals surface area (Å²) in [6.07, 6.45) is 0. The molecule has 0 saturated carbocycles. The highest BCUT2D eigenvalue weighted by atomic mass is 35.5. The van der Waals surface area contributed by atoms with Crippen LogP contribution in [0.4, 0.5) is 5.69 Å². The quantitative estimate of drug-likeness (QED) is 0.885. The van der Waals surface area contributed by atoms with Crippen LogP contribution >= 0.6 is 11.6 Å². The Labute approximate surface area is 128 Å². The van der Waals surface area contributed by atoms with E-state index in [2.05, 4.69) is 4.72 Å². The van der Waals surface area contributed by atoms with Gasteiger partial charge in [-0.1, -0.05) is 29.8 Å². The minimum atomic E-state index is -3.83. The Morgan fingerprint density at radius 2 is 1.90 bits per heavy atom. The Hall–Kier alpha value is -1.76. The van der Waals surface area contributed by atoms with Gasteiger partial charge in [-0.15, -0.1) is 0 Å². The highest BCUT2D eigenvalue weighted by Crippen LogP contribution is 2.32. The van der Waals surface area contributed by atoms with Crippen molar-refractivity contribution < 1.29 is 13.2 Å². The van der Waals surface area contributed by atoms with Crippen LogP contribution in [0.3, 0.4) is 0 Å². The van der Waals surface area contributed by atoms with Crippen molar-refractivity contribution in [3.63, 3.8) is 0 Å². The molecule has 0 fully saturated rings. The summed E-state index contributed by atoms with van der Waals surface area (Å²) >= 11 is 5.96. The Morgan fingerprint density at radius 1 is 1.24 bits per heavy atom. The summed E-state index contributed by atoms with van der Waals surface area (Å²) in [4.78, 5) is -0.0400. The molecule has 0 aromatic heterocycles. The van der Waals surface area contributed by atoms with Crippen molar-refractivity contribution in [2.24, 2.45) is 5.73 Å². The molecule has 0 amide bonds. The van der Waals surface area contributed by atoms with E-state index in [0.717, 1.165) is 0 Å². The van der Waals surface area contributed by atoms with Crippen LogP contribution in [0.2, 0.25) is 5.02 Å². The van der Waals surface area contributed by atoms with Gasteiger partial charge in [-0.05, 0) is 24.3 Å². The van der Waals surface area contributed by atoms with Crippen LogP contribution in [0.15, 0.2) is 47.4 Å². The summed E-state index contributed by atoms with van der Waals surface area (Å²) in [7, 11) is -2.43. The van der Waals surface area contributed by atoms with Crippen LogP contribution in [-0.2, 0) is 16.6 Å². The molecule has 21 heavy (non-hydrogen) atoms. The monoisotopic (exact) mass is 326 g/mol. The third kappa shape index (κ3) is 3.47. The lowest BCUT2D eigenvalue weighted by atomic mass is 10.2. The minimum absolute atomic E-state index is 0.0400. The van der Waals surface area contributed by atoms with Crippen molar-refractivity contribution in [3.05, 3.63) is 53.1 Å². The average molecular weight is 327 g/mol. The second-order valence-corrected chi connectivity index (χ2v) is 6.36. The molecule has 7 heteroatoms. The number of methoxy groups -OCH3 is 1. The molecule has 2 aromatic carbocycles. The Balaban J connectivity index is 2.51. The van der Waals surface area contributed by atoms with Crippen LogP contribution in [0.5, 0.6) is 5.75 Å². The van der Waals surface area contributed by atoms with E-state index in [1.807, 2.05) is 0 Å². The first kappa shape index (κ1) is 15.6. The molecule has 0 unspecified atom stereocenters. The lowest BCUT2D eigenvalue weighted by Gasteiger charge is -2.15. The SMILES string of the molecule is COc1c(CN)cc(Cl)cc1S(=O)(=O)Nc1ccccc1. The van der Waals surface area contributed by atoms with E-state index in [9.17, 15) is 8.42 Å². The van der Waals surface area contributed by atoms with E-state index in [-0.39, 0.29) is 22.2 Å². The maximum atomic E-state index is 12.5. The molecule has 112 valence electrons. The van der Waals surface area contributed by atoms with Crippen LogP contribution in [-0.4, -0.2) is 15.5 Å². The van der Waals surface area contributed by atoms with E-state index >= 15 is 0 Å². The van der Waals surface area contributed by atoms with Crippen LogP contribution in [0.1, 0.15) is 5.56 Å². The van der Waals surface area contributed by atoms with E-state index < -0.39 is 10.0 Å².